The van der Waals surface area contributed by atoms with E-state index in [0.717, 1.165) is 71.1 Å². The fourth-order valence-corrected chi connectivity index (χ4v) is 6.08. The third kappa shape index (κ3) is 3.51. The van der Waals surface area contributed by atoms with Gasteiger partial charge in [-0.2, -0.15) is 0 Å². The van der Waals surface area contributed by atoms with Gasteiger partial charge in [0.15, 0.2) is 5.78 Å². The van der Waals surface area contributed by atoms with Crippen molar-refractivity contribution in [3.05, 3.63) is 0 Å². The molecule has 3 aliphatic heterocycles. The Morgan fingerprint density at radius 1 is 1.11 bits per heavy atom. The van der Waals surface area contributed by atoms with E-state index in [2.05, 4.69) is 27.4 Å². The van der Waals surface area contributed by atoms with Crippen LogP contribution in [0.4, 0.5) is 4.79 Å². The number of hydrogen-bond donors (Lipinski definition) is 2. The highest BCUT2D eigenvalue weighted by Gasteiger charge is 2.48. The molecular weight excluding hydrogens is 340 g/mol. The summed E-state index contributed by atoms with van der Waals surface area (Å²) in [4.78, 5) is 30.3. The molecule has 2 amide bonds. The molecule has 4 fully saturated rings. The third-order valence-corrected chi connectivity index (χ3v) is 7.52. The summed E-state index contributed by atoms with van der Waals surface area (Å²) in [5, 5.41) is 6.66. The Labute approximate surface area is 163 Å². The van der Waals surface area contributed by atoms with Crippen LogP contribution in [0, 0.1) is 0 Å². The molecule has 0 aromatic heterocycles. The van der Waals surface area contributed by atoms with Crippen LogP contribution in [0.15, 0.2) is 0 Å². The zero-order valence-electron chi connectivity index (χ0n) is 16.8. The molecule has 2 atom stereocenters. The first-order chi connectivity index (χ1) is 13.2. The molecule has 2 N–H and O–H groups in total. The van der Waals surface area contributed by atoms with Crippen molar-refractivity contribution in [1.29, 1.82) is 0 Å². The Hall–Kier alpha value is -1.14. The number of piperidine rings is 2. The second-order valence-electron chi connectivity index (χ2n) is 8.99. The number of urea groups is 1. The summed E-state index contributed by atoms with van der Waals surface area (Å²) in [7, 11) is 0. The summed E-state index contributed by atoms with van der Waals surface area (Å²) in [6.45, 7) is 5.87. The van der Waals surface area contributed by atoms with E-state index in [1.807, 2.05) is 0 Å². The van der Waals surface area contributed by atoms with Gasteiger partial charge in [0.05, 0.1) is 17.6 Å². The van der Waals surface area contributed by atoms with Crippen LogP contribution in [0.3, 0.4) is 0 Å². The summed E-state index contributed by atoms with van der Waals surface area (Å²) in [5.41, 5.74) is -0.257. The Morgan fingerprint density at radius 2 is 1.81 bits per heavy atom. The summed E-state index contributed by atoms with van der Waals surface area (Å²) in [6.07, 6.45) is 10.3. The van der Waals surface area contributed by atoms with Gasteiger partial charge in [-0.25, -0.2) is 4.79 Å². The predicted molar refractivity (Wildman–Crippen MR) is 106 cm³/mol. The highest BCUT2D eigenvalue weighted by Crippen LogP contribution is 2.36. The summed E-state index contributed by atoms with van der Waals surface area (Å²) in [5.74, 6) is 0.441. The highest BCUT2D eigenvalue weighted by molar-refractivity contribution is 5.88. The molecule has 1 saturated carbocycles. The number of carbonyl (C=O) groups excluding carboxylic acids is 2. The van der Waals surface area contributed by atoms with Crippen LogP contribution >= 0.6 is 0 Å². The Bertz CT molecular complexity index is 552. The number of ketones is 1. The number of fused-ring (bicyclic) bond motifs is 1. The first kappa shape index (κ1) is 19.2. The number of hydrogen-bond acceptors (Lipinski definition) is 4. The quantitative estimate of drug-likeness (QED) is 0.773. The minimum atomic E-state index is -0.257. The molecule has 0 aromatic rings. The van der Waals surface area contributed by atoms with Gasteiger partial charge in [-0.3, -0.25) is 9.69 Å². The van der Waals surface area contributed by atoms with Crippen LogP contribution in [-0.4, -0.2) is 71.5 Å². The third-order valence-electron chi connectivity index (χ3n) is 7.52. The first-order valence-corrected chi connectivity index (χ1v) is 11.2. The van der Waals surface area contributed by atoms with Gasteiger partial charge in [-0.05, 0) is 58.0 Å². The Morgan fingerprint density at radius 3 is 2.52 bits per heavy atom. The van der Waals surface area contributed by atoms with Crippen molar-refractivity contribution in [2.24, 2.45) is 0 Å². The van der Waals surface area contributed by atoms with Crippen LogP contribution in [0.1, 0.15) is 71.1 Å². The van der Waals surface area contributed by atoms with Gasteiger partial charge >= 0.3 is 6.03 Å². The molecule has 0 spiro atoms. The molecule has 4 rings (SSSR count). The smallest absolute Gasteiger partial charge is 0.318 e. The normalized spacial score (nSPS) is 32.2. The number of nitrogens with one attached hydrogen (secondary N) is 2. The molecule has 6 heteroatoms. The molecule has 0 unspecified atom stereocenters. The number of likely N-dealkylation sites (tertiary alicyclic amines) is 1. The zero-order chi connectivity index (χ0) is 18.9. The van der Waals surface area contributed by atoms with Gasteiger partial charge in [0.1, 0.15) is 0 Å². The van der Waals surface area contributed by atoms with Gasteiger partial charge in [-0.15, -0.1) is 0 Å². The molecule has 0 aromatic carbocycles. The average molecular weight is 377 g/mol. The molecule has 3 heterocycles. The topological polar surface area (TPSA) is 64.7 Å². The van der Waals surface area contributed by atoms with E-state index in [1.165, 1.54) is 12.8 Å². The maximum atomic E-state index is 13.1. The van der Waals surface area contributed by atoms with Crippen molar-refractivity contribution in [3.8, 4) is 0 Å². The molecule has 152 valence electrons. The molecule has 0 bridgehead atoms. The van der Waals surface area contributed by atoms with E-state index in [-0.39, 0.29) is 11.6 Å². The molecule has 3 saturated heterocycles. The lowest BCUT2D eigenvalue weighted by atomic mass is 9.79. The van der Waals surface area contributed by atoms with Crippen LogP contribution in [-0.2, 0) is 4.79 Å². The molecule has 0 radical (unpaired) electrons. The van der Waals surface area contributed by atoms with E-state index >= 15 is 0 Å². The fourth-order valence-electron chi connectivity index (χ4n) is 6.08. The van der Waals surface area contributed by atoms with Crippen LogP contribution in [0.2, 0.25) is 0 Å². The maximum absolute atomic E-state index is 13.1. The largest absolute Gasteiger partial charge is 0.333 e. The average Bonchev–Trinajstić information content (AvgIpc) is 3.04. The number of nitrogens with zero attached hydrogens (tertiary/aromatic N) is 2. The second-order valence-corrected chi connectivity index (χ2v) is 8.99. The molecular formula is C21H36N4O2. The first-order valence-electron chi connectivity index (χ1n) is 11.2. The van der Waals surface area contributed by atoms with Gasteiger partial charge in [0.25, 0.3) is 0 Å². The number of amides is 2. The van der Waals surface area contributed by atoms with E-state index in [1.54, 1.807) is 0 Å². The monoisotopic (exact) mass is 376 g/mol. The predicted octanol–water partition coefficient (Wildman–Crippen LogP) is 2.28. The Balaban J connectivity index is 1.43. The highest BCUT2D eigenvalue weighted by atomic mass is 16.2. The van der Waals surface area contributed by atoms with Gasteiger partial charge in [-0.1, -0.05) is 19.8 Å². The van der Waals surface area contributed by atoms with Gasteiger partial charge in [0.2, 0.25) is 0 Å². The molecule has 1 aliphatic carbocycles. The number of carbonyl (C=O) groups is 2. The second kappa shape index (κ2) is 8.08. The summed E-state index contributed by atoms with van der Waals surface area (Å²) in [6, 6.07) is 1.27. The number of rotatable bonds is 5. The minimum absolute atomic E-state index is 0.156. The van der Waals surface area contributed by atoms with Crippen molar-refractivity contribution in [2.45, 2.75) is 94.8 Å². The minimum Gasteiger partial charge on any atom is -0.333 e. The fraction of sp³-hybridized carbons (Fsp3) is 0.905. The van der Waals surface area contributed by atoms with Crippen LogP contribution in [0.25, 0.3) is 0 Å². The van der Waals surface area contributed by atoms with Crippen LogP contribution < -0.4 is 10.6 Å². The summed E-state index contributed by atoms with van der Waals surface area (Å²) < 4.78 is 0. The van der Waals surface area contributed by atoms with E-state index < -0.39 is 0 Å². The van der Waals surface area contributed by atoms with Crippen molar-refractivity contribution < 1.29 is 9.59 Å². The van der Waals surface area contributed by atoms with Crippen molar-refractivity contribution in [3.63, 3.8) is 0 Å². The van der Waals surface area contributed by atoms with E-state index in [0.29, 0.717) is 30.3 Å². The van der Waals surface area contributed by atoms with Gasteiger partial charge < -0.3 is 15.5 Å². The van der Waals surface area contributed by atoms with Crippen molar-refractivity contribution in [1.82, 2.24) is 20.4 Å². The van der Waals surface area contributed by atoms with Gasteiger partial charge in [0, 0.05) is 25.6 Å². The molecule has 27 heavy (non-hydrogen) atoms. The lowest BCUT2D eigenvalue weighted by Gasteiger charge is -2.49. The van der Waals surface area contributed by atoms with E-state index in [4.69, 9.17) is 0 Å². The molecule has 4 aliphatic rings. The van der Waals surface area contributed by atoms with Crippen molar-refractivity contribution >= 4 is 11.8 Å². The SMILES string of the molecule is CCCC(=O)C1(N2CCC(N3C(=O)N[C@H]4CCCC[C@@H]43)CC2)CCNCC1. The Kier molecular flexibility index (Phi) is 5.74. The maximum Gasteiger partial charge on any atom is 0.318 e. The lowest BCUT2D eigenvalue weighted by molar-refractivity contribution is -0.135. The zero-order valence-corrected chi connectivity index (χ0v) is 16.8. The number of Topliss-reactive ketones (excluding diaryl/α,β-unsaturated/α-hetero) is 1. The van der Waals surface area contributed by atoms with Crippen LogP contribution in [0.5, 0.6) is 0 Å². The standard InChI is InChI=1S/C21H36N4O2/c1-2-5-19(26)21(10-12-22-13-11-21)24-14-8-16(9-15-24)25-18-7-4-3-6-17(18)23-20(25)27/h16-18,22H,2-15H2,1H3,(H,23,27)/t17-,18-/m0/s1. The molecule has 6 nitrogen and oxygen atoms in total. The lowest BCUT2D eigenvalue weighted by Crippen LogP contribution is -2.62. The van der Waals surface area contributed by atoms with E-state index in [9.17, 15) is 9.59 Å². The van der Waals surface area contributed by atoms with Crippen molar-refractivity contribution in [2.75, 3.05) is 26.2 Å². The summed E-state index contributed by atoms with van der Waals surface area (Å²) >= 11 is 0.